The second kappa shape index (κ2) is 6.87. The van der Waals surface area contributed by atoms with Crippen molar-refractivity contribution in [2.45, 2.75) is 32.2 Å². The Labute approximate surface area is 168 Å². The van der Waals surface area contributed by atoms with E-state index in [1.807, 2.05) is 6.92 Å². The minimum atomic E-state index is -4.57. The summed E-state index contributed by atoms with van der Waals surface area (Å²) in [5, 5.41) is 12.0. The number of carbonyl (C=O) groups is 1. The topological polar surface area (TPSA) is 68.8 Å². The van der Waals surface area contributed by atoms with Crippen molar-refractivity contribution in [1.29, 1.82) is 0 Å². The van der Waals surface area contributed by atoms with Crippen LogP contribution in [0.15, 0.2) is 30.5 Å². The highest BCUT2D eigenvalue weighted by Crippen LogP contribution is 2.37. The molecule has 0 unspecified atom stereocenters. The van der Waals surface area contributed by atoms with Crippen LogP contribution in [-0.2, 0) is 26.3 Å². The monoisotopic (exact) mass is 424 g/mol. The Hall–Kier alpha value is -2.88. The van der Waals surface area contributed by atoms with E-state index < -0.39 is 22.7 Å². The molecule has 29 heavy (non-hydrogen) atoms. The first-order valence-corrected chi connectivity index (χ1v) is 9.13. The number of carbonyl (C=O) groups excluding carboxylic acids is 1. The van der Waals surface area contributed by atoms with Gasteiger partial charge in [-0.15, -0.1) is 10.2 Å². The zero-order valence-electron chi connectivity index (χ0n) is 15.5. The molecule has 11 heteroatoms. The summed E-state index contributed by atoms with van der Waals surface area (Å²) >= 11 is 5.99. The van der Waals surface area contributed by atoms with Crippen LogP contribution in [0.1, 0.15) is 28.7 Å². The van der Waals surface area contributed by atoms with Crippen LogP contribution in [0.2, 0.25) is 5.02 Å². The first-order valence-electron chi connectivity index (χ1n) is 8.75. The first kappa shape index (κ1) is 19.4. The molecule has 0 N–H and O–H groups in total. The molecule has 4 rings (SSSR count). The Kier molecular flexibility index (Phi) is 4.60. The number of amides is 1. The predicted molar refractivity (Wildman–Crippen MR) is 98.0 cm³/mol. The highest BCUT2D eigenvalue weighted by Gasteiger charge is 2.37. The van der Waals surface area contributed by atoms with E-state index in [1.165, 1.54) is 17.0 Å². The van der Waals surface area contributed by atoms with Crippen molar-refractivity contribution < 1.29 is 18.0 Å². The zero-order valence-corrected chi connectivity index (χ0v) is 16.2. The molecule has 2 aromatic heterocycles. The molecule has 0 aliphatic carbocycles. The number of rotatable bonds is 3. The van der Waals surface area contributed by atoms with Crippen LogP contribution in [0.25, 0.3) is 11.5 Å². The van der Waals surface area contributed by atoms with E-state index in [0.29, 0.717) is 18.1 Å². The van der Waals surface area contributed by atoms with Gasteiger partial charge in [-0.05, 0) is 24.6 Å². The van der Waals surface area contributed by atoms with Crippen LogP contribution < -0.4 is 0 Å². The Morgan fingerprint density at radius 3 is 2.59 bits per heavy atom. The summed E-state index contributed by atoms with van der Waals surface area (Å²) in [5.74, 6) is 0.163. The van der Waals surface area contributed by atoms with Crippen LogP contribution in [0, 0.1) is 0 Å². The molecule has 1 aromatic carbocycles. The lowest BCUT2D eigenvalue weighted by atomic mass is 10.1. The minimum Gasteiger partial charge on any atom is -0.327 e. The fourth-order valence-electron chi connectivity index (χ4n) is 3.38. The summed E-state index contributed by atoms with van der Waals surface area (Å²) < 4.78 is 42.7. The molecule has 0 radical (unpaired) electrons. The fourth-order valence-corrected chi connectivity index (χ4v) is 3.67. The smallest absolute Gasteiger partial charge is 0.327 e. The standard InChI is InChI=1S/C18H16ClF3N6O/c1-10-8-28-15(13-6-7-26(2)25-13)23-24-16(28)17(29)27(10)9-11-4-3-5-12(14(11)19)18(20,21)22/h3-7,10H,8-9H2,1-2H3/t10-/m0/s1. The first-order chi connectivity index (χ1) is 13.7. The largest absolute Gasteiger partial charge is 0.417 e. The molecule has 0 bridgehead atoms. The van der Waals surface area contributed by atoms with Crippen molar-refractivity contribution >= 4 is 17.5 Å². The molecule has 7 nitrogen and oxygen atoms in total. The van der Waals surface area contributed by atoms with Gasteiger partial charge < -0.3 is 4.90 Å². The number of nitrogens with zero attached hydrogens (tertiary/aromatic N) is 6. The Morgan fingerprint density at radius 2 is 1.93 bits per heavy atom. The van der Waals surface area contributed by atoms with Gasteiger partial charge in [0, 0.05) is 32.4 Å². The summed E-state index contributed by atoms with van der Waals surface area (Å²) in [7, 11) is 1.77. The number of aryl methyl sites for hydroxylation is 1. The maximum Gasteiger partial charge on any atom is 0.417 e. The van der Waals surface area contributed by atoms with Gasteiger partial charge in [-0.1, -0.05) is 23.7 Å². The van der Waals surface area contributed by atoms with Crippen molar-refractivity contribution in [1.82, 2.24) is 29.4 Å². The number of benzene rings is 1. The van der Waals surface area contributed by atoms with Gasteiger partial charge in [-0.3, -0.25) is 14.0 Å². The number of hydrogen-bond donors (Lipinski definition) is 0. The third-order valence-corrected chi connectivity index (χ3v) is 5.30. The van der Waals surface area contributed by atoms with Gasteiger partial charge >= 0.3 is 6.18 Å². The van der Waals surface area contributed by atoms with E-state index in [0.717, 1.165) is 6.07 Å². The maximum absolute atomic E-state index is 13.1. The summed E-state index contributed by atoms with van der Waals surface area (Å²) in [4.78, 5) is 14.4. The normalized spacial score (nSPS) is 17.0. The average Bonchev–Trinajstić information content (AvgIpc) is 3.25. The van der Waals surface area contributed by atoms with Crippen molar-refractivity contribution in [3.8, 4) is 11.5 Å². The van der Waals surface area contributed by atoms with Crippen LogP contribution in [0.5, 0.6) is 0 Å². The highest BCUT2D eigenvalue weighted by atomic mass is 35.5. The molecule has 0 saturated heterocycles. The summed E-state index contributed by atoms with van der Waals surface area (Å²) in [5.41, 5.74) is -0.116. The molecule has 0 fully saturated rings. The van der Waals surface area contributed by atoms with Crippen molar-refractivity contribution in [3.05, 3.63) is 52.4 Å². The van der Waals surface area contributed by atoms with Gasteiger partial charge in [0.1, 0.15) is 5.69 Å². The number of halogens is 4. The third-order valence-electron chi connectivity index (χ3n) is 4.85. The minimum absolute atomic E-state index is 0.0610. The Balaban J connectivity index is 1.66. The molecule has 0 saturated carbocycles. The van der Waals surface area contributed by atoms with Gasteiger partial charge in [0.2, 0.25) is 5.82 Å². The molecule has 0 spiro atoms. The fraction of sp³-hybridized carbons (Fsp3) is 0.333. The summed E-state index contributed by atoms with van der Waals surface area (Å²) in [6.07, 6.45) is -2.81. The maximum atomic E-state index is 13.1. The van der Waals surface area contributed by atoms with E-state index in [9.17, 15) is 18.0 Å². The highest BCUT2D eigenvalue weighted by molar-refractivity contribution is 6.32. The molecule has 1 atom stereocenters. The van der Waals surface area contributed by atoms with Crippen molar-refractivity contribution in [2.24, 2.45) is 7.05 Å². The van der Waals surface area contributed by atoms with Crippen LogP contribution in [-0.4, -0.2) is 41.4 Å². The number of hydrogen-bond acceptors (Lipinski definition) is 4. The molecule has 1 amide bonds. The number of alkyl halides is 3. The number of aromatic nitrogens is 5. The molecule has 1 aliphatic rings. The zero-order chi connectivity index (χ0) is 20.9. The van der Waals surface area contributed by atoms with Gasteiger partial charge in [-0.25, -0.2) is 0 Å². The molecule has 1 aliphatic heterocycles. The van der Waals surface area contributed by atoms with E-state index in [1.54, 1.807) is 28.6 Å². The lowest BCUT2D eigenvalue weighted by Gasteiger charge is -2.34. The molecule has 3 aromatic rings. The third kappa shape index (κ3) is 3.37. The molecular formula is C18H16ClF3N6O. The summed E-state index contributed by atoms with van der Waals surface area (Å²) in [6.45, 7) is 2.13. The van der Waals surface area contributed by atoms with Crippen molar-refractivity contribution in [3.63, 3.8) is 0 Å². The Bertz CT molecular complexity index is 1090. The van der Waals surface area contributed by atoms with Crippen LogP contribution in [0.4, 0.5) is 13.2 Å². The summed E-state index contributed by atoms with van der Waals surface area (Å²) in [6, 6.07) is 5.14. The van der Waals surface area contributed by atoms with Crippen LogP contribution >= 0.6 is 11.6 Å². The van der Waals surface area contributed by atoms with Gasteiger partial charge in [-0.2, -0.15) is 18.3 Å². The van der Waals surface area contributed by atoms with Gasteiger partial charge in [0.25, 0.3) is 5.91 Å². The predicted octanol–water partition coefficient (Wildman–Crippen LogP) is 3.40. The molecular weight excluding hydrogens is 409 g/mol. The lowest BCUT2D eigenvalue weighted by Crippen LogP contribution is -2.46. The van der Waals surface area contributed by atoms with E-state index in [2.05, 4.69) is 15.3 Å². The second-order valence-corrected chi connectivity index (χ2v) is 7.27. The number of fused-ring (bicyclic) bond motifs is 1. The lowest BCUT2D eigenvalue weighted by molar-refractivity contribution is -0.137. The van der Waals surface area contributed by atoms with Crippen LogP contribution in [0.3, 0.4) is 0 Å². The van der Waals surface area contributed by atoms with E-state index >= 15 is 0 Å². The average molecular weight is 425 g/mol. The van der Waals surface area contributed by atoms with E-state index in [4.69, 9.17) is 11.6 Å². The SMILES string of the molecule is C[C@H]1Cn2c(nnc2-c2ccn(C)n2)C(=O)N1Cc1cccc(C(F)(F)F)c1Cl. The van der Waals surface area contributed by atoms with Crippen molar-refractivity contribution in [2.75, 3.05) is 0 Å². The molecule has 152 valence electrons. The second-order valence-electron chi connectivity index (χ2n) is 6.89. The quantitative estimate of drug-likeness (QED) is 0.646. The molecule has 3 heterocycles. The van der Waals surface area contributed by atoms with Gasteiger partial charge in [0.15, 0.2) is 5.82 Å². The Morgan fingerprint density at radius 1 is 1.21 bits per heavy atom. The van der Waals surface area contributed by atoms with E-state index in [-0.39, 0.29) is 24.0 Å². The van der Waals surface area contributed by atoms with Gasteiger partial charge in [0.05, 0.1) is 10.6 Å².